The summed E-state index contributed by atoms with van der Waals surface area (Å²) in [6.07, 6.45) is 2.29. The van der Waals surface area contributed by atoms with Crippen molar-refractivity contribution in [3.05, 3.63) is 34.3 Å². The molecule has 4 atom stereocenters. The van der Waals surface area contributed by atoms with Crippen molar-refractivity contribution in [3.63, 3.8) is 0 Å². The largest absolute Gasteiger partial charge is 0.326 e. The second kappa shape index (κ2) is 6.38. The van der Waals surface area contributed by atoms with E-state index in [0.29, 0.717) is 12.1 Å². The van der Waals surface area contributed by atoms with Crippen molar-refractivity contribution in [1.29, 1.82) is 0 Å². The fourth-order valence-corrected chi connectivity index (χ4v) is 3.55. The molecule has 1 heterocycles. The van der Waals surface area contributed by atoms with E-state index >= 15 is 0 Å². The summed E-state index contributed by atoms with van der Waals surface area (Å²) < 4.78 is 1.13. The Bertz CT molecular complexity index is 404. The van der Waals surface area contributed by atoms with Gasteiger partial charge in [0.2, 0.25) is 0 Å². The smallest absolute Gasteiger partial charge is 0.0502 e. The highest BCUT2D eigenvalue weighted by Crippen LogP contribution is 2.34. The van der Waals surface area contributed by atoms with Crippen molar-refractivity contribution in [2.75, 3.05) is 6.54 Å². The van der Waals surface area contributed by atoms with Crippen LogP contribution in [0.4, 0.5) is 0 Å². The zero-order chi connectivity index (χ0) is 14.0. The molecule has 2 N–H and O–H groups in total. The van der Waals surface area contributed by atoms with Gasteiger partial charge >= 0.3 is 0 Å². The average molecular weight is 325 g/mol. The maximum atomic E-state index is 6.42. The van der Waals surface area contributed by atoms with Crippen LogP contribution in [-0.2, 0) is 0 Å². The van der Waals surface area contributed by atoms with Crippen LogP contribution in [0.1, 0.15) is 45.2 Å². The van der Waals surface area contributed by atoms with Crippen molar-refractivity contribution in [2.45, 2.75) is 51.7 Å². The molecule has 0 spiro atoms. The molecule has 19 heavy (non-hydrogen) atoms. The topological polar surface area (TPSA) is 29.3 Å². The van der Waals surface area contributed by atoms with Crippen LogP contribution in [0.25, 0.3) is 0 Å². The van der Waals surface area contributed by atoms with Crippen molar-refractivity contribution in [1.82, 2.24) is 4.90 Å². The molecule has 1 aromatic carbocycles. The fourth-order valence-electron chi connectivity index (χ4n) is 3.29. The van der Waals surface area contributed by atoms with Gasteiger partial charge in [0, 0.05) is 23.1 Å². The predicted octanol–water partition coefficient (Wildman–Crippen LogP) is 3.96. The second-order valence-electron chi connectivity index (χ2n) is 5.96. The van der Waals surface area contributed by atoms with Gasteiger partial charge in [-0.25, -0.2) is 0 Å². The molecule has 0 saturated carbocycles. The van der Waals surface area contributed by atoms with Crippen LogP contribution in [0.3, 0.4) is 0 Å². The van der Waals surface area contributed by atoms with E-state index < -0.39 is 0 Å². The second-order valence-corrected chi connectivity index (χ2v) is 6.87. The summed E-state index contributed by atoms with van der Waals surface area (Å²) in [6.45, 7) is 8.01. The number of halogens is 1. The number of nitrogens with zero attached hydrogens (tertiary/aromatic N) is 1. The number of nitrogens with two attached hydrogens (primary N) is 1. The van der Waals surface area contributed by atoms with Gasteiger partial charge in [-0.1, -0.05) is 41.9 Å². The molecule has 0 aromatic heterocycles. The third-order valence-electron chi connectivity index (χ3n) is 4.28. The van der Waals surface area contributed by atoms with Crippen LogP contribution in [0, 0.1) is 5.92 Å². The summed E-state index contributed by atoms with van der Waals surface area (Å²) in [4.78, 5) is 2.60. The van der Waals surface area contributed by atoms with E-state index in [9.17, 15) is 0 Å². The number of hydrogen-bond acceptors (Lipinski definition) is 2. The monoisotopic (exact) mass is 324 g/mol. The van der Waals surface area contributed by atoms with Gasteiger partial charge in [0.1, 0.15) is 0 Å². The highest BCUT2D eigenvalue weighted by molar-refractivity contribution is 9.10. The molecule has 1 fully saturated rings. The minimum Gasteiger partial charge on any atom is -0.326 e. The standard InChI is InChI=1S/C16H25BrN2/c1-4-15(18)16(13-5-7-14(17)8-6-13)19-10-11(2)9-12(19)3/h5-8,11-12,15-16H,4,9-10,18H2,1-3H3. The lowest BCUT2D eigenvalue weighted by atomic mass is 9.96. The number of likely N-dealkylation sites (tertiary alicyclic amines) is 1. The number of hydrogen-bond donors (Lipinski definition) is 1. The van der Waals surface area contributed by atoms with Gasteiger partial charge in [-0.05, 0) is 43.4 Å². The van der Waals surface area contributed by atoms with E-state index in [0.717, 1.165) is 23.4 Å². The van der Waals surface area contributed by atoms with Gasteiger partial charge < -0.3 is 5.73 Å². The van der Waals surface area contributed by atoms with Crippen LogP contribution in [-0.4, -0.2) is 23.5 Å². The van der Waals surface area contributed by atoms with Gasteiger partial charge in [-0.3, -0.25) is 4.90 Å². The van der Waals surface area contributed by atoms with E-state index in [1.165, 1.54) is 12.0 Å². The Morgan fingerprint density at radius 3 is 2.42 bits per heavy atom. The van der Waals surface area contributed by atoms with Crippen molar-refractivity contribution in [3.8, 4) is 0 Å². The molecule has 106 valence electrons. The maximum Gasteiger partial charge on any atom is 0.0502 e. The minimum absolute atomic E-state index is 0.203. The van der Waals surface area contributed by atoms with Crippen LogP contribution < -0.4 is 5.73 Å². The van der Waals surface area contributed by atoms with Crippen molar-refractivity contribution < 1.29 is 0 Å². The van der Waals surface area contributed by atoms with Gasteiger partial charge in [0.25, 0.3) is 0 Å². The Balaban J connectivity index is 2.28. The van der Waals surface area contributed by atoms with E-state index in [-0.39, 0.29) is 6.04 Å². The predicted molar refractivity (Wildman–Crippen MR) is 85.1 cm³/mol. The molecule has 0 amide bonds. The molecule has 2 rings (SSSR count). The number of rotatable bonds is 4. The summed E-state index contributed by atoms with van der Waals surface area (Å²) in [7, 11) is 0. The van der Waals surface area contributed by atoms with Crippen LogP contribution >= 0.6 is 15.9 Å². The third kappa shape index (κ3) is 3.39. The van der Waals surface area contributed by atoms with Crippen LogP contribution in [0.15, 0.2) is 28.7 Å². The van der Waals surface area contributed by atoms with Crippen molar-refractivity contribution in [2.24, 2.45) is 11.7 Å². The normalized spacial score (nSPS) is 27.4. The lowest BCUT2D eigenvalue weighted by Gasteiger charge is -2.35. The molecular weight excluding hydrogens is 300 g/mol. The van der Waals surface area contributed by atoms with Crippen molar-refractivity contribution >= 4 is 15.9 Å². The molecule has 2 nitrogen and oxygen atoms in total. The molecule has 1 aliphatic heterocycles. The first-order chi connectivity index (χ1) is 9.02. The first kappa shape index (κ1) is 15.0. The van der Waals surface area contributed by atoms with Gasteiger partial charge in [-0.15, -0.1) is 0 Å². The average Bonchev–Trinajstić information content (AvgIpc) is 2.71. The Kier molecular flexibility index (Phi) is 5.04. The van der Waals surface area contributed by atoms with E-state index in [4.69, 9.17) is 5.73 Å². The molecule has 1 aliphatic rings. The molecule has 3 heteroatoms. The fraction of sp³-hybridized carbons (Fsp3) is 0.625. The Hall–Kier alpha value is -0.380. The molecule has 0 aliphatic carbocycles. The molecular formula is C16H25BrN2. The SMILES string of the molecule is CCC(N)C(c1ccc(Br)cc1)N1CC(C)CC1C. The minimum atomic E-state index is 0.203. The summed E-state index contributed by atoms with van der Waals surface area (Å²) in [5.41, 5.74) is 7.77. The first-order valence-electron chi connectivity index (χ1n) is 7.29. The van der Waals surface area contributed by atoms with Gasteiger partial charge in [-0.2, -0.15) is 0 Å². The molecule has 0 bridgehead atoms. The Morgan fingerprint density at radius 2 is 1.95 bits per heavy atom. The van der Waals surface area contributed by atoms with Crippen LogP contribution in [0.5, 0.6) is 0 Å². The molecule has 4 unspecified atom stereocenters. The summed E-state index contributed by atoms with van der Waals surface area (Å²) >= 11 is 3.51. The quantitative estimate of drug-likeness (QED) is 0.908. The highest BCUT2D eigenvalue weighted by atomic mass is 79.9. The van der Waals surface area contributed by atoms with Gasteiger partial charge in [0.05, 0.1) is 6.04 Å². The summed E-state index contributed by atoms with van der Waals surface area (Å²) in [5.74, 6) is 0.775. The summed E-state index contributed by atoms with van der Waals surface area (Å²) in [6, 6.07) is 9.83. The molecule has 0 radical (unpaired) electrons. The lowest BCUT2D eigenvalue weighted by molar-refractivity contribution is 0.160. The third-order valence-corrected chi connectivity index (χ3v) is 4.81. The van der Waals surface area contributed by atoms with Gasteiger partial charge in [0.15, 0.2) is 0 Å². The number of benzene rings is 1. The van der Waals surface area contributed by atoms with Crippen LogP contribution in [0.2, 0.25) is 0 Å². The Labute approximate surface area is 125 Å². The van der Waals surface area contributed by atoms with E-state index in [2.05, 4.69) is 65.9 Å². The van der Waals surface area contributed by atoms with E-state index in [1.807, 2.05) is 0 Å². The lowest BCUT2D eigenvalue weighted by Crippen LogP contribution is -2.42. The Morgan fingerprint density at radius 1 is 1.32 bits per heavy atom. The zero-order valence-electron chi connectivity index (χ0n) is 12.1. The first-order valence-corrected chi connectivity index (χ1v) is 8.09. The highest BCUT2D eigenvalue weighted by Gasteiger charge is 2.34. The summed E-state index contributed by atoms with van der Waals surface area (Å²) in [5, 5.41) is 0. The van der Waals surface area contributed by atoms with E-state index in [1.54, 1.807) is 0 Å². The zero-order valence-corrected chi connectivity index (χ0v) is 13.7. The molecule has 1 saturated heterocycles. The molecule has 1 aromatic rings. The maximum absolute atomic E-state index is 6.42.